The molecule has 0 amide bonds. The fourth-order valence-electron chi connectivity index (χ4n) is 1.47. The van der Waals surface area contributed by atoms with Crippen molar-refractivity contribution in [3.63, 3.8) is 0 Å². The molecule has 0 saturated carbocycles. The summed E-state index contributed by atoms with van der Waals surface area (Å²) in [6, 6.07) is 13.3. The lowest BCUT2D eigenvalue weighted by Crippen LogP contribution is -2.17. The normalized spacial score (nSPS) is 12.4. The fraction of sp³-hybridized carbons (Fsp3) is 0.154. The summed E-state index contributed by atoms with van der Waals surface area (Å²) < 4.78 is 5.22. The van der Waals surface area contributed by atoms with Gasteiger partial charge < -0.3 is 4.74 Å². The molecule has 0 aliphatic heterocycles. The number of halogens is 1. The van der Waals surface area contributed by atoms with Crippen LogP contribution >= 0.6 is 11.6 Å². The molecule has 2 nitrogen and oxygen atoms in total. The van der Waals surface area contributed by atoms with Gasteiger partial charge in [0.2, 0.25) is 0 Å². The van der Waals surface area contributed by atoms with Gasteiger partial charge >= 0.3 is 5.97 Å². The van der Waals surface area contributed by atoms with Crippen molar-refractivity contribution in [2.75, 3.05) is 0 Å². The Morgan fingerprint density at radius 3 is 2.62 bits per heavy atom. The van der Waals surface area contributed by atoms with Crippen molar-refractivity contribution in [2.45, 2.75) is 12.3 Å². The molecular formula is C13H11ClO2. The number of carbonyl (C=O) groups is 1. The Bertz CT molecular complexity index is 515. The van der Waals surface area contributed by atoms with Gasteiger partial charge in [0.15, 0.2) is 0 Å². The van der Waals surface area contributed by atoms with Crippen molar-refractivity contribution >= 4 is 28.3 Å². The number of rotatable bonds is 2. The standard InChI is InChI=1S/C13H11ClO2/c1-9(14)13(15)16-12-8-4-6-10-5-2-3-7-11(10)12/h2-9H,1H3. The fourth-order valence-corrected chi connectivity index (χ4v) is 1.52. The number of fused-ring (bicyclic) bond motifs is 1. The Morgan fingerprint density at radius 1 is 1.19 bits per heavy atom. The molecule has 0 heterocycles. The summed E-state index contributed by atoms with van der Waals surface area (Å²) in [7, 11) is 0. The number of hydrogen-bond acceptors (Lipinski definition) is 2. The Balaban J connectivity index is 2.41. The maximum Gasteiger partial charge on any atom is 0.329 e. The van der Waals surface area contributed by atoms with Crippen LogP contribution in [-0.2, 0) is 4.79 Å². The van der Waals surface area contributed by atoms with Crippen LogP contribution in [0, 0.1) is 0 Å². The first-order chi connectivity index (χ1) is 7.68. The van der Waals surface area contributed by atoms with Gasteiger partial charge in [-0.3, -0.25) is 4.79 Å². The molecule has 2 aromatic carbocycles. The van der Waals surface area contributed by atoms with Gasteiger partial charge in [-0.25, -0.2) is 0 Å². The number of alkyl halides is 1. The van der Waals surface area contributed by atoms with E-state index in [-0.39, 0.29) is 0 Å². The lowest BCUT2D eigenvalue weighted by Gasteiger charge is -2.08. The van der Waals surface area contributed by atoms with Gasteiger partial charge in [-0.15, -0.1) is 11.6 Å². The average Bonchev–Trinajstić information content (AvgIpc) is 2.29. The van der Waals surface area contributed by atoms with E-state index in [1.807, 2.05) is 36.4 Å². The van der Waals surface area contributed by atoms with Gasteiger partial charge in [0.1, 0.15) is 11.1 Å². The highest BCUT2D eigenvalue weighted by molar-refractivity contribution is 6.29. The number of benzene rings is 2. The molecule has 0 aromatic heterocycles. The average molecular weight is 235 g/mol. The molecule has 0 fully saturated rings. The molecule has 3 heteroatoms. The maximum absolute atomic E-state index is 11.4. The number of ether oxygens (including phenoxy) is 1. The van der Waals surface area contributed by atoms with Crippen LogP contribution in [-0.4, -0.2) is 11.3 Å². The zero-order valence-electron chi connectivity index (χ0n) is 8.81. The molecule has 1 atom stereocenters. The van der Waals surface area contributed by atoms with Crippen LogP contribution in [0.1, 0.15) is 6.92 Å². The summed E-state index contributed by atoms with van der Waals surface area (Å²) in [6.45, 7) is 1.59. The van der Waals surface area contributed by atoms with Crippen molar-refractivity contribution in [3.8, 4) is 5.75 Å². The summed E-state index contributed by atoms with van der Waals surface area (Å²) in [5.74, 6) is 0.119. The molecule has 2 aromatic rings. The Labute approximate surface area is 98.8 Å². The van der Waals surface area contributed by atoms with E-state index in [0.29, 0.717) is 5.75 Å². The van der Waals surface area contributed by atoms with Crippen LogP contribution in [0.4, 0.5) is 0 Å². The second-order valence-corrected chi connectivity index (χ2v) is 4.17. The molecule has 0 radical (unpaired) electrons. The van der Waals surface area contributed by atoms with Crippen LogP contribution in [0.25, 0.3) is 10.8 Å². The van der Waals surface area contributed by atoms with Crippen molar-refractivity contribution < 1.29 is 9.53 Å². The summed E-state index contributed by atoms with van der Waals surface area (Å²) in [6.07, 6.45) is 0. The van der Waals surface area contributed by atoms with E-state index in [9.17, 15) is 4.79 Å². The van der Waals surface area contributed by atoms with Crippen molar-refractivity contribution in [1.29, 1.82) is 0 Å². The van der Waals surface area contributed by atoms with E-state index in [0.717, 1.165) is 10.8 Å². The molecule has 0 bridgehead atoms. The summed E-state index contributed by atoms with van der Waals surface area (Å²) >= 11 is 5.65. The van der Waals surface area contributed by atoms with Crippen molar-refractivity contribution in [2.24, 2.45) is 0 Å². The minimum atomic E-state index is -0.640. The van der Waals surface area contributed by atoms with E-state index < -0.39 is 11.3 Å². The van der Waals surface area contributed by atoms with E-state index in [4.69, 9.17) is 16.3 Å². The van der Waals surface area contributed by atoms with Crippen molar-refractivity contribution in [1.82, 2.24) is 0 Å². The van der Waals surface area contributed by atoms with Gasteiger partial charge in [-0.05, 0) is 18.4 Å². The van der Waals surface area contributed by atoms with Crippen LogP contribution in [0.15, 0.2) is 42.5 Å². The monoisotopic (exact) mass is 234 g/mol. The van der Waals surface area contributed by atoms with Gasteiger partial charge in [0, 0.05) is 5.39 Å². The smallest absolute Gasteiger partial charge is 0.329 e. The molecule has 0 saturated heterocycles. The number of hydrogen-bond donors (Lipinski definition) is 0. The highest BCUT2D eigenvalue weighted by atomic mass is 35.5. The van der Waals surface area contributed by atoms with Gasteiger partial charge in [0.25, 0.3) is 0 Å². The highest BCUT2D eigenvalue weighted by Gasteiger charge is 2.13. The quantitative estimate of drug-likeness (QED) is 0.452. The molecule has 16 heavy (non-hydrogen) atoms. The third kappa shape index (κ3) is 2.17. The Morgan fingerprint density at radius 2 is 1.88 bits per heavy atom. The van der Waals surface area contributed by atoms with Gasteiger partial charge in [-0.1, -0.05) is 36.4 Å². The SMILES string of the molecule is CC(Cl)C(=O)Oc1cccc2ccccc12. The molecule has 0 spiro atoms. The summed E-state index contributed by atoms with van der Waals surface area (Å²) in [4.78, 5) is 11.4. The maximum atomic E-state index is 11.4. The second-order valence-electron chi connectivity index (χ2n) is 3.51. The lowest BCUT2D eigenvalue weighted by molar-refractivity contribution is -0.133. The highest BCUT2D eigenvalue weighted by Crippen LogP contribution is 2.25. The van der Waals surface area contributed by atoms with E-state index >= 15 is 0 Å². The zero-order valence-corrected chi connectivity index (χ0v) is 9.57. The first kappa shape index (κ1) is 11.0. The van der Waals surface area contributed by atoms with E-state index in [2.05, 4.69) is 0 Å². The molecule has 82 valence electrons. The predicted molar refractivity (Wildman–Crippen MR) is 64.9 cm³/mol. The van der Waals surface area contributed by atoms with Crippen LogP contribution in [0.3, 0.4) is 0 Å². The van der Waals surface area contributed by atoms with Crippen LogP contribution < -0.4 is 4.74 Å². The minimum Gasteiger partial charge on any atom is -0.425 e. The second kappa shape index (κ2) is 4.54. The Kier molecular flexibility index (Phi) is 3.11. The first-order valence-corrected chi connectivity index (χ1v) is 5.45. The van der Waals surface area contributed by atoms with Gasteiger partial charge in [0.05, 0.1) is 0 Å². The third-order valence-electron chi connectivity index (χ3n) is 2.28. The van der Waals surface area contributed by atoms with Crippen LogP contribution in [0.5, 0.6) is 5.75 Å². The van der Waals surface area contributed by atoms with E-state index in [1.54, 1.807) is 13.0 Å². The lowest BCUT2D eigenvalue weighted by atomic mass is 10.1. The number of carbonyl (C=O) groups excluding carboxylic acids is 1. The molecule has 0 aliphatic rings. The van der Waals surface area contributed by atoms with Crippen LogP contribution in [0.2, 0.25) is 0 Å². The summed E-state index contributed by atoms with van der Waals surface area (Å²) in [5.41, 5.74) is 0. The predicted octanol–water partition coefficient (Wildman–Crippen LogP) is 3.37. The largest absolute Gasteiger partial charge is 0.425 e. The summed E-state index contributed by atoms with van der Waals surface area (Å²) in [5, 5.41) is 1.31. The van der Waals surface area contributed by atoms with Gasteiger partial charge in [-0.2, -0.15) is 0 Å². The molecular weight excluding hydrogens is 224 g/mol. The number of esters is 1. The topological polar surface area (TPSA) is 26.3 Å². The molecule has 0 N–H and O–H groups in total. The molecule has 2 rings (SSSR count). The minimum absolute atomic E-state index is 0.432. The van der Waals surface area contributed by atoms with E-state index in [1.165, 1.54) is 0 Å². The zero-order chi connectivity index (χ0) is 11.5. The Hall–Kier alpha value is -1.54. The third-order valence-corrected chi connectivity index (χ3v) is 2.46. The molecule has 1 unspecified atom stereocenters. The first-order valence-electron chi connectivity index (χ1n) is 5.02. The van der Waals surface area contributed by atoms with Crippen molar-refractivity contribution in [3.05, 3.63) is 42.5 Å². The molecule has 0 aliphatic carbocycles.